The van der Waals surface area contributed by atoms with Crippen LogP contribution in [0.4, 0.5) is 4.39 Å². The first-order valence-corrected chi connectivity index (χ1v) is 10.4. The first-order chi connectivity index (χ1) is 15.5. The van der Waals surface area contributed by atoms with E-state index in [-0.39, 0.29) is 12.4 Å². The van der Waals surface area contributed by atoms with Crippen molar-refractivity contribution >= 4 is 23.1 Å². The molecule has 6 nitrogen and oxygen atoms in total. The maximum atomic E-state index is 13.6. The van der Waals surface area contributed by atoms with Gasteiger partial charge in [-0.2, -0.15) is 5.10 Å². The van der Waals surface area contributed by atoms with E-state index in [1.54, 1.807) is 43.7 Å². The fraction of sp³-hybridized carbons (Fsp3) is 0.200. The summed E-state index contributed by atoms with van der Waals surface area (Å²) in [7, 11) is 0. The largest absolute Gasteiger partial charge is 0.463 e. The van der Waals surface area contributed by atoms with Crippen LogP contribution >= 0.6 is 0 Å². The molecule has 0 aliphatic carbocycles. The van der Waals surface area contributed by atoms with Crippen LogP contribution in [0.3, 0.4) is 0 Å². The average molecular weight is 430 g/mol. The molecule has 162 valence electrons. The summed E-state index contributed by atoms with van der Waals surface area (Å²) in [5, 5.41) is 5.34. The van der Waals surface area contributed by atoms with Crippen molar-refractivity contribution in [3.05, 3.63) is 71.9 Å². The van der Waals surface area contributed by atoms with Gasteiger partial charge in [0.05, 0.1) is 18.5 Å². The zero-order chi connectivity index (χ0) is 22.7. The van der Waals surface area contributed by atoms with Crippen molar-refractivity contribution in [1.82, 2.24) is 19.7 Å². The van der Waals surface area contributed by atoms with Crippen LogP contribution in [0.2, 0.25) is 0 Å². The van der Waals surface area contributed by atoms with Crippen LogP contribution < -0.4 is 0 Å². The van der Waals surface area contributed by atoms with Crippen molar-refractivity contribution in [2.24, 2.45) is 0 Å². The molecular weight excluding hydrogens is 407 g/mol. The molecule has 3 aromatic heterocycles. The maximum Gasteiger partial charge on any atom is 0.330 e. The van der Waals surface area contributed by atoms with Gasteiger partial charge in [-0.05, 0) is 62.7 Å². The number of aryl methyl sites for hydroxylation is 2. The molecular formula is C25H23FN4O2. The predicted octanol–water partition coefficient (Wildman–Crippen LogP) is 5.20. The number of nitrogens with zero attached hydrogens (tertiary/aromatic N) is 4. The molecule has 0 aliphatic rings. The van der Waals surface area contributed by atoms with Gasteiger partial charge in [-0.15, -0.1) is 0 Å². The van der Waals surface area contributed by atoms with Crippen molar-refractivity contribution in [3.63, 3.8) is 0 Å². The van der Waals surface area contributed by atoms with E-state index in [1.807, 2.05) is 24.6 Å². The van der Waals surface area contributed by atoms with Gasteiger partial charge in [-0.25, -0.2) is 18.9 Å². The normalized spacial score (nSPS) is 11.4. The maximum absolute atomic E-state index is 13.6. The average Bonchev–Trinajstić information content (AvgIpc) is 3.20. The Labute approximate surface area is 185 Å². The summed E-state index contributed by atoms with van der Waals surface area (Å²) < 4.78 is 20.5. The molecule has 0 unspecified atom stereocenters. The van der Waals surface area contributed by atoms with Gasteiger partial charge in [-0.3, -0.25) is 4.98 Å². The quantitative estimate of drug-likeness (QED) is 0.310. The highest BCUT2D eigenvalue weighted by Crippen LogP contribution is 2.38. The molecule has 0 bridgehead atoms. The summed E-state index contributed by atoms with van der Waals surface area (Å²) in [5.74, 6) is -0.782. The second-order valence-corrected chi connectivity index (χ2v) is 7.29. The summed E-state index contributed by atoms with van der Waals surface area (Å²) in [4.78, 5) is 21.4. The second kappa shape index (κ2) is 9.09. The Hall–Kier alpha value is -3.87. The van der Waals surface area contributed by atoms with E-state index in [1.165, 1.54) is 18.2 Å². The number of halogens is 1. The molecule has 4 aromatic rings. The third-order valence-electron chi connectivity index (χ3n) is 5.08. The number of ether oxygens (including phenoxy) is 1. The van der Waals surface area contributed by atoms with Crippen molar-refractivity contribution in [1.29, 1.82) is 0 Å². The van der Waals surface area contributed by atoms with Crippen molar-refractivity contribution in [2.75, 3.05) is 6.61 Å². The Morgan fingerprint density at radius 1 is 1.12 bits per heavy atom. The number of benzene rings is 1. The van der Waals surface area contributed by atoms with E-state index in [9.17, 15) is 9.18 Å². The highest BCUT2D eigenvalue weighted by atomic mass is 19.1. The molecule has 0 aliphatic heterocycles. The molecule has 1 aromatic carbocycles. The molecule has 7 heteroatoms. The fourth-order valence-corrected chi connectivity index (χ4v) is 3.67. The zero-order valence-electron chi connectivity index (χ0n) is 18.2. The molecule has 0 amide bonds. The van der Waals surface area contributed by atoms with Gasteiger partial charge in [0.15, 0.2) is 5.65 Å². The van der Waals surface area contributed by atoms with Gasteiger partial charge in [0.2, 0.25) is 0 Å². The van der Waals surface area contributed by atoms with Crippen LogP contribution in [0.25, 0.3) is 39.5 Å². The lowest BCUT2D eigenvalue weighted by atomic mass is 9.93. The molecule has 0 saturated heterocycles. The SMILES string of the molecule is CCOC(=O)/C=C/c1c(-c2ccc(F)cc2)nc2c(cnn2CC)c1-c1cncc(C)c1. The summed E-state index contributed by atoms with van der Waals surface area (Å²) in [6.45, 7) is 6.64. The molecule has 0 N–H and O–H groups in total. The summed E-state index contributed by atoms with van der Waals surface area (Å²) in [5.41, 5.74) is 5.48. The number of fused-ring (bicyclic) bond motifs is 1. The Bertz CT molecular complexity index is 1310. The van der Waals surface area contributed by atoms with Gasteiger partial charge >= 0.3 is 5.97 Å². The number of hydrogen-bond donors (Lipinski definition) is 0. The number of rotatable bonds is 6. The summed E-state index contributed by atoms with van der Waals surface area (Å²) >= 11 is 0. The van der Waals surface area contributed by atoms with Crippen molar-refractivity contribution in [3.8, 4) is 22.4 Å². The highest BCUT2D eigenvalue weighted by molar-refractivity contribution is 6.02. The van der Waals surface area contributed by atoms with Gasteiger partial charge < -0.3 is 4.74 Å². The van der Waals surface area contributed by atoms with Crippen LogP contribution in [-0.2, 0) is 16.1 Å². The Morgan fingerprint density at radius 3 is 2.59 bits per heavy atom. The molecule has 0 fully saturated rings. The van der Waals surface area contributed by atoms with E-state index in [4.69, 9.17) is 9.72 Å². The number of aromatic nitrogens is 4. The predicted molar refractivity (Wildman–Crippen MR) is 122 cm³/mol. The standard InChI is InChI=1S/C25H23FN4O2/c1-4-30-25-21(15-28-30)23(18-12-16(3)13-27-14-18)20(10-11-22(31)32-5-2)24(29-25)17-6-8-19(26)9-7-17/h6-15H,4-5H2,1-3H3/b11-10+. The van der Waals surface area contributed by atoms with E-state index in [0.29, 0.717) is 23.4 Å². The first-order valence-electron chi connectivity index (χ1n) is 10.4. The minimum absolute atomic E-state index is 0.281. The van der Waals surface area contributed by atoms with Crippen LogP contribution in [0.1, 0.15) is 25.0 Å². The molecule has 4 rings (SSSR count). The summed E-state index contributed by atoms with van der Waals surface area (Å²) in [6, 6.07) is 8.17. The van der Waals surface area contributed by atoms with Crippen LogP contribution in [0, 0.1) is 12.7 Å². The Kier molecular flexibility index (Phi) is 6.07. The van der Waals surface area contributed by atoms with Gasteiger partial charge in [-0.1, -0.05) is 0 Å². The fourth-order valence-electron chi connectivity index (χ4n) is 3.67. The summed E-state index contributed by atoms with van der Waals surface area (Å²) in [6.07, 6.45) is 8.42. The topological polar surface area (TPSA) is 69.9 Å². The molecule has 0 radical (unpaired) electrons. The molecule has 0 spiro atoms. The lowest BCUT2D eigenvalue weighted by Gasteiger charge is -2.15. The van der Waals surface area contributed by atoms with E-state index in [2.05, 4.69) is 10.1 Å². The van der Waals surface area contributed by atoms with Crippen molar-refractivity contribution < 1.29 is 13.9 Å². The lowest BCUT2D eigenvalue weighted by Crippen LogP contribution is -2.02. The van der Waals surface area contributed by atoms with Crippen LogP contribution in [0.15, 0.2) is 55.0 Å². The van der Waals surface area contributed by atoms with E-state index < -0.39 is 5.97 Å². The van der Waals surface area contributed by atoms with E-state index in [0.717, 1.165) is 27.6 Å². The Balaban J connectivity index is 2.08. The van der Waals surface area contributed by atoms with Crippen LogP contribution in [-0.4, -0.2) is 32.3 Å². The number of pyridine rings is 2. The van der Waals surface area contributed by atoms with Gasteiger partial charge in [0.25, 0.3) is 0 Å². The number of esters is 1. The van der Waals surface area contributed by atoms with Crippen molar-refractivity contribution in [2.45, 2.75) is 27.3 Å². The lowest BCUT2D eigenvalue weighted by molar-refractivity contribution is -0.137. The van der Waals surface area contributed by atoms with E-state index >= 15 is 0 Å². The first kappa shape index (κ1) is 21.4. The third kappa shape index (κ3) is 4.14. The molecule has 0 saturated carbocycles. The molecule has 32 heavy (non-hydrogen) atoms. The minimum atomic E-state index is -0.449. The highest BCUT2D eigenvalue weighted by Gasteiger charge is 2.20. The third-order valence-corrected chi connectivity index (χ3v) is 5.08. The van der Waals surface area contributed by atoms with Gasteiger partial charge in [0.1, 0.15) is 5.82 Å². The number of carbonyl (C=O) groups excluding carboxylic acids is 1. The number of carbonyl (C=O) groups is 1. The molecule has 3 heterocycles. The Morgan fingerprint density at radius 2 is 1.91 bits per heavy atom. The van der Waals surface area contributed by atoms with Crippen LogP contribution in [0.5, 0.6) is 0 Å². The van der Waals surface area contributed by atoms with Gasteiger partial charge in [0, 0.05) is 52.7 Å². The molecule has 0 atom stereocenters. The monoisotopic (exact) mass is 430 g/mol. The zero-order valence-corrected chi connectivity index (χ0v) is 18.2. The number of hydrogen-bond acceptors (Lipinski definition) is 5. The smallest absolute Gasteiger partial charge is 0.330 e. The second-order valence-electron chi connectivity index (χ2n) is 7.29. The minimum Gasteiger partial charge on any atom is -0.463 e.